The molecule has 1 N–H and O–H groups in total. The van der Waals surface area contributed by atoms with Crippen LogP contribution in [0.25, 0.3) is 0 Å². The highest BCUT2D eigenvalue weighted by atomic mass is 79.9. The second-order valence-corrected chi connectivity index (χ2v) is 6.21. The maximum absolute atomic E-state index is 3.69. The molecule has 18 heavy (non-hydrogen) atoms. The lowest BCUT2D eigenvalue weighted by atomic mass is 10.1. The maximum Gasteiger partial charge on any atom is 0.0511 e. The van der Waals surface area contributed by atoms with E-state index in [2.05, 4.69) is 64.6 Å². The quantitative estimate of drug-likeness (QED) is 0.819. The molecule has 2 nitrogen and oxygen atoms in total. The lowest BCUT2D eigenvalue weighted by Gasteiger charge is -2.30. The van der Waals surface area contributed by atoms with E-state index in [1.807, 2.05) is 18.8 Å². The van der Waals surface area contributed by atoms with Crippen LogP contribution in [0.1, 0.15) is 18.9 Å². The summed E-state index contributed by atoms with van der Waals surface area (Å²) in [6.45, 7) is 3.16. The molecular weight excluding hydrogens is 308 g/mol. The average molecular weight is 331 g/mol. The third-order valence-corrected chi connectivity index (χ3v) is 4.50. The molecule has 0 radical (unpaired) electrons. The molecule has 1 aromatic rings. The van der Waals surface area contributed by atoms with Gasteiger partial charge in [0, 0.05) is 29.9 Å². The van der Waals surface area contributed by atoms with Crippen LogP contribution in [0.4, 0.5) is 5.69 Å². The fraction of sp³-hybridized carbons (Fsp3) is 0.571. The zero-order valence-electron chi connectivity index (χ0n) is 11.7. The third kappa shape index (κ3) is 4.18. The van der Waals surface area contributed by atoms with Crippen LogP contribution >= 0.6 is 27.7 Å². The minimum Gasteiger partial charge on any atom is -0.370 e. The Morgan fingerprint density at radius 3 is 2.67 bits per heavy atom. The Hall–Kier alpha value is -0.190. The Kier molecular flexibility index (Phi) is 7.12. The second-order valence-electron chi connectivity index (χ2n) is 4.44. The Morgan fingerprint density at radius 1 is 1.44 bits per heavy atom. The molecule has 0 saturated heterocycles. The van der Waals surface area contributed by atoms with Crippen molar-refractivity contribution in [3.05, 3.63) is 28.2 Å². The molecule has 4 heteroatoms. The number of benzene rings is 1. The molecule has 1 rings (SSSR count). The molecule has 102 valence electrons. The van der Waals surface area contributed by atoms with Gasteiger partial charge in [0.05, 0.1) is 5.69 Å². The van der Waals surface area contributed by atoms with Crippen molar-refractivity contribution in [1.82, 2.24) is 5.32 Å². The first-order valence-corrected chi connectivity index (χ1v) is 8.47. The predicted molar refractivity (Wildman–Crippen MR) is 87.8 cm³/mol. The van der Waals surface area contributed by atoms with E-state index in [0.29, 0.717) is 6.04 Å². The summed E-state index contributed by atoms with van der Waals surface area (Å²) in [7, 11) is 4.15. The number of anilines is 1. The van der Waals surface area contributed by atoms with Gasteiger partial charge < -0.3 is 10.2 Å². The van der Waals surface area contributed by atoms with Gasteiger partial charge in [-0.05, 0) is 53.4 Å². The van der Waals surface area contributed by atoms with Crippen molar-refractivity contribution in [2.24, 2.45) is 0 Å². The van der Waals surface area contributed by atoms with E-state index in [0.717, 1.165) is 12.3 Å². The van der Waals surface area contributed by atoms with Crippen molar-refractivity contribution in [1.29, 1.82) is 0 Å². The van der Waals surface area contributed by atoms with E-state index in [1.165, 1.54) is 22.1 Å². The molecule has 1 unspecified atom stereocenters. The van der Waals surface area contributed by atoms with E-state index in [9.17, 15) is 0 Å². The van der Waals surface area contributed by atoms with Gasteiger partial charge in [0.2, 0.25) is 0 Å². The molecule has 0 aliphatic rings. The SMILES string of the molecule is CCC(CSC)N(C)c1ccc(CNC)cc1Br. The molecule has 0 saturated carbocycles. The van der Waals surface area contributed by atoms with Crippen molar-refractivity contribution < 1.29 is 0 Å². The number of halogens is 1. The van der Waals surface area contributed by atoms with E-state index >= 15 is 0 Å². The summed E-state index contributed by atoms with van der Waals surface area (Å²) in [6, 6.07) is 7.19. The lowest BCUT2D eigenvalue weighted by molar-refractivity contribution is 0.672. The molecule has 0 fully saturated rings. The monoisotopic (exact) mass is 330 g/mol. The maximum atomic E-state index is 3.69. The third-order valence-electron chi connectivity index (χ3n) is 3.15. The second kappa shape index (κ2) is 8.08. The summed E-state index contributed by atoms with van der Waals surface area (Å²) < 4.78 is 1.18. The number of nitrogens with zero attached hydrogens (tertiary/aromatic N) is 1. The van der Waals surface area contributed by atoms with Gasteiger partial charge in [-0.3, -0.25) is 0 Å². The van der Waals surface area contributed by atoms with E-state index in [-0.39, 0.29) is 0 Å². The van der Waals surface area contributed by atoms with Crippen LogP contribution in [0.3, 0.4) is 0 Å². The molecule has 0 aromatic heterocycles. The van der Waals surface area contributed by atoms with Gasteiger partial charge in [0.25, 0.3) is 0 Å². The summed E-state index contributed by atoms with van der Waals surface area (Å²) in [5, 5.41) is 3.18. The molecule has 0 amide bonds. The summed E-state index contributed by atoms with van der Waals surface area (Å²) in [5.74, 6) is 1.16. The van der Waals surface area contributed by atoms with Crippen molar-refractivity contribution >= 4 is 33.4 Å². The molecule has 0 heterocycles. The van der Waals surface area contributed by atoms with E-state index < -0.39 is 0 Å². The molecule has 1 aromatic carbocycles. The van der Waals surface area contributed by atoms with Crippen molar-refractivity contribution in [2.45, 2.75) is 25.9 Å². The zero-order chi connectivity index (χ0) is 13.5. The van der Waals surface area contributed by atoms with Crippen LogP contribution in [-0.4, -0.2) is 32.1 Å². The van der Waals surface area contributed by atoms with Crippen LogP contribution in [0.5, 0.6) is 0 Å². The van der Waals surface area contributed by atoms with Gasteiger partial charge in [-0.2, -0.15) is 11.8 Å². The Morgan fingerprint density at radius 2 is 2.17 bits per heavy atom. The predicted octanol–water partition coefficient (Wildman–Crippen LogP) is 3.75. The smallest absolute Gasteiger partial charge is 0.0511 e. The van der Waals surface area contributed by atoms with Gasteiger partial charge in [0.1, 0.15) is 0 Å². The van der Waals surface area contributed by atoms with Crippen molar-refractivity contribution in [3.8, 4) is 0 Å². The average Bonchev–Trinajstić information content (AvgIpc) is 2.36. The highest BCUT2D eigenvalue weighted by Crippen LogP contribution is 2.29. The molecular formula is C14H23BrN2S. The minimum absolute atomic E-state index is 0.589. The van der Waals surface area contributed by atoms with Crippen LogP contribution in [0, 0.1) is 0 Å². The van der Waals surface area contributed by atoms with Gasteiger partial charge in [-0.25, -0.2) is 0 Å². The first-order chi connectivity index (χ1) is 8.63. The molecule has 0 aliphatic heterocycles. The van der Waals surface area contributed by atoms with E-state index in [1.54, 1.807) is 0 Å². The van der Waals surface area contributed by atoms with Gasteiger partial charge in [-0.15, -0.1) is 0 Å². The fourth-order valence-electron chi connectivity index (χ4n) is 2.04. The highest BCUT2D eigenvalue weighted by molar-refractivity contribution is 9.10. The Labute approximate surface area is 124 Å². The fourth-order valence-corrected chi connectivity index (χ4v) is 3.59. The van der Waals surface area contributed by atoms with E-state index in [4.69, 9.17) is 0 Å². The number of hydrogen-bond donors (Lipinski definition) is 1. The minimum atomic E-state index is 0.589. The number of rotatable bonds is 7. The number of nitrogens with one attached hydrogen (secondary N) is 1. The van der Waals surface area contributed by atoms with Crippen LogP contribution in [-0.2, 0) is 6.54 Å². The van der Waals surface area contributed by atoms with Crippen molar-refractivity contribution in [3.63, 3.8) is 0 Å². The molecule has 0 bridgehead atoms. The Bertz CT molecular complexity index is 371. The molecule has 0 spiro atoms. The summed E-state index contributed by atoms with van der Waals surface area (Å²) in [5.41, 5.74) is 2.58. The highest BCUT2D eigenvalue weighted by Gasteiger charge is 2.15. The summed E-state index contributed by atoms with van der Waals surface area (Å²) in [4.78, 5) is 2.38. The zero-order valence-corrected chi connectivity index (χ0v) is 14.1. The standard InChI is InChI=1S/C14H23BrN2S/c1-5-12(10-18-4)17(3)14-7-6-11(9-16-2)8-13(14)15/h6-8,12,16H,5,9-10H2,1-4H3. The molecule has 1 atom stereocenters. The normalized spacial score (nSPS) is 12.5. The first-order valence-electron chi connectivity index (χ1n) is 6.28. The Balaban J connectivity index is 2.87. The topological polar surface area (TPSA) is 15.3 Å². The summed E-state index contributed by atoms with van der Waals surface area (Å²) >= 11 is 5.60. The van der Waals surface area contributed by atoms with Crippen LogP contribution in [0.2, 0.25) is 0 Å². The van der Waals surface area contributed by atoms with Crippen molar-refractivity contribution in [2.75, 3.05) is 31.0 Å². The van der Waals surface area contributed by atoms with Gasteiger partial charge in [0.15, 0.2) is 0 Å². The van der Waals surface area contributed by atoms with Crippen LogP contribution < -0.4 is 10.2 Å². The van der Waals surface area contributed by atoms with Gasteiger partial charge in [-0.1, -0.05) is 13.0 Å². The number of hydrogen-bond acceptors (Lipinski definition) is 3. The summed E-state index contributed by atoms with van der Waals surface area (Å²) in [6.07, 6.45) is 3.34. The first kappa shape index (κ1) is 15.9. The van der Waals surface area contributed by atoms with Crippen LogP contribution in [0.15, 0.2) is 22.7 Å². The number of thioether (sulfide) groups is 1. The molecule has 0 aliphatic carbocycles. The van der Waals surface area contributed by atoms with Gasteiger partial charge >= 0.3 is 0 Å². The lowest BCUT2D eigenvalue weighted by Crippen LogP contribution is -2.33. The largest absolute Gasteiger partial charge is 0.370 e.